The lowest BCUT2D eigenvalue weighted by atomic mass is 9.77. The van der Waals surface area contributed by atoms with Crippen LogP contribution in [-0.4, -0.2) is 61.2 Å². The van der Waals surface area contributed by atoms with Gasteiger partial charge >= 0.3 is 0 Å². The highest BCUT2D eigenvalue weighted by molar-refractivity contribution is 5.11. The summed E-state index contributed by atoms with van der Waals surface area (Å²) in [5.41, 5.74) is 2.77. The van der Waals surface area contributed by atoms with Crippen LogP contribution in [0.15, 0.2) is 18.2 Å². The molecule has 1 saturated carbocycles. The van der Waals surface area contributed by atoms with Crippen molar-refractivity contribution < 1.29 is 4.74 Å². The molecular weight excluding hydrogens is 298 g/mol. The largest absolute Gasteiger partial charge is 0.384 e. The van der Waals surface area contributed by atoms with Crippen molar-refractivity contribution in [3.63, 3.8) is 0 Å². The van der Waals surface area contributed by atoms with E-state index in [1.54, 1.807) is 0 Å². The Kier molecular flexibility index (Phi) is 4.63. The van der Waals surface area contributed by atoms with Crippen LogP contribution in [0.2, 0.25) is 0 Å². The number of nitrogens with zero attached hydrogens (tertiary/aromatic N) is 3. The molecule has 4 rings (SSSR count). The third-order valence-corrected chi connectivity index (χ3v) is 6.26. The minimum atomic E-state index is 0.439. The van der Waals surface area contributed by atoms with Crippen molar-refractivity contribution in [3.8, 4) is 0 Å². The Morgan fingerprint density at radius 1 is 1.25 bits per heavy atom. The molecule has 3 aliphatic rings. The van der Waals surface area contributed by atoms with Gasteiger partial charge in [-0.15, -0.1) is 0 Å². The molecule has 1 spiro atoms. The molecule has 0 aromatic carbocycles. The normalized spacial score (nSPS) is 31.3. The molecule has 2 aliphatic heterocycles. The predicted molar refractivity (Wildman–Crippen MR) is 95.8 cm³/mol. The molecule has 1 aliphatic carbocycles. The van der Waals surface area contributed by atoms with E-state index < -0.39 is 0 Å². The second-order valence-corrected chi connectivity index (χ2v) is 8.38. The van der Waals surface area contributed by atoms with Crippen LogP contribution >= 0.6 is 0 Å². The van der Waals surface area contributed by atoms with Gasteiger partial charge in [0.05, 0.1) is 12.3 Å². The van der Waals surface area contributed by atoms with Crippen LogP contribution in [-0.2, 0) is 11.3 Å². The van der Waals surface area contributed by atoms with Crippen molar-refractivity contribution >= 4 is 0 Å². The van der Waals surface area contributed by atoms with Crippen LogP contribution in [0.25, 0.3) is 0 Å². The van der Waals surface area contributed by atoms with E-state index >= 15 is 0 Å². The monoisotopic (exact) mass is 329 g/mol. The number of methoxy groups -OCH3 is 1. The fourth-order valence-corrected chi connectivity index (χ4v) is 4.88. The quantitative estimate of drug-likeness (QED) is 0.802. The lowest BCUT2D eigenvalue weighted by molar-refractivity contribution is 0.0958. The molecule has 0 amide bonds. The van der Waals surface area contributed by atoms with Crippen LogP contribution in [0.1, 0.15) is 30.7 Å². The average Bonchev–Trinajstić information content (AvgIpc) is 3.18. The minimum absolute atomic E-state index is 0.439. The molecular formula is C20H31N3O. The van der Waals surface area contributed by atoms with E-state index in [1.807, 2.05) is 7.11 Å². The van der Waals surface area contributed by atoms with E-state index in [0.29, 0.717) is 11.3 Å². The molecule has 1 aromatic heterocycles. The van der Waals surface area contributed by atoms with Gasteiger partial charge in [0.2, 0.25) is 0 Å². The van der Waals surface area contributed by atoms with Crippen molar-refractivity contribution in [2.45, 2.75) is 32.7 Å². The molecule has 3 fully saturated rings. The fourth-order valence-electron chi connectivity index (χ4n) is 4.88. The number of hydrogen-bond donors (Lipinski definition) is 0. The lowest BCUT2D eigenvalue weighted by Gasteiger charge is -2.30. The smallest absolute Gasteiger partial charge is 0.0547 e. The topological polar surface area (TPSA) is 28.6 Å². The van der Waals surface area contributed by atoms with Crippen molar-refractivity contribution in [1.82, 2.24) is 14.8 Å². The summed E-state index contributed by atoms with van der Waals surface area (Å²) < 4.78 is 5.59. The number of rotatable bonds is 6. The molecule has 4 heteroatoms. The van der Waals surface area contributed by atoms with Gasteiger partial charge in [-0.2, -0.15) is 0 Å². The van der Waals surface area contributed by atoms with E-state index in [4.69, 9.17) is 9.72 Å². The maximum atomic E-state index is 5.59. The lowest BCUT2D eigenvalue weighted by Crippen LogP contribution is -2.36. The Morgan fingerprint density at radius 2 is 2.08 bits per heavy atom. The number of ether oxygens (including phenoxy) is 1. The van der Waals surface area contributed by atoms with Crippen molar-refractivity contribution in [2.75, 3.05) is 46.4 Å². The van der Waals surface area contributed by atoms with Gasteiger partial charge in [-0.25, -0.2) is 0 Å². The van der Waals surface area contributed by atoms with Crippen LogP contribution in [0.3, 0.4) is 0 Å². The van der Waals surface area contributed by atoms with Crippen molar-refractivity contribution in [2.24, 2.45) is 17.3 Å². The maximum absolute atomic E-state index is 5.59. The summed E-state index contributed by atoms with van der Waals surface area (Å²) in [6, 6.07) is 6.37. The predicted octanol–water partition coefficient (Wildman–Crippen LogP) is 2.57. The zero-order valence-corrected chi connectivity index (χ0v) is 15.2. The maximum Gasteiger partial charge on any atom is 0.0547 e. The van der Waals surface area contributed by atoms with Crippen LogP contribution in [0, 0.1) is 24.2 Å². The van der Waals surface area contributed by atoms with Gasteiger partial charge in [-0.05, 0) is 50.8 Å². The Balaban J connectivity index is 1.42. The zero-order valence-electron chi connectivity index (χ0n) is 15.2. The van der Waals surface area contributed by atoms with Gasteiger partial charge < -0.3 is 9.64 Å². The Morgan fingerprint density at radius 3 is 2.83 bits per heavy atom. The second-order valence-electron chi connectivity index (χ2n) is 8.38. The molecule has 4 nitrogen and oxygen atoms in total. The zero-order chi connectivity index (χ0) is 16.6. The Labute approximate surface area is 146 Å². The summed E-state index contributed by atoms with van der Waals surface area (Å²) >= 11 is 0. The van der Waals surface area contributed by atoms with Gasteiger partial charge in [0, 0.05) is 56.9 Å². The first-order valence-corrected chi connectivity index (χ1v) is 9.53. The Bertz CT molecular complexity index is 574. The van der Waals surface area contributed by atoms with E-state index in [1.165, 1.54) is 57.7 Å². The molecule has 0 bridgehead atoms. The fraction of sp³-hybridized carbons (Fsp3) is 0.750. The SMILES string of the molecule is COC[C@H]1CN(CC2CC2)C[C@]12CCN(Cc1cccc(C)n1)C2. The van der Waals surface area contributed by atoms with Gasteiger partial charge in [-0.1, -0.05) is 6.07 Å². The Hall–Kier alpha value is -0.970. The molecule has 0 unspecified atom stereocenters. The van der Waals surface area contributed by atoms with Gasteiger partial charge in [-0.3, -0.25) is 9.88 Å². The molecule has 132 valence electrons. The summed E-state index contributed by atoms with van der Waals surface area (Å²) in [6.45, 7) is 10.2. The standard InChI is InChI=1S/C20H31N3O/c1-16-4-3-5-19(21-16)12-22-9-8-20(14-22)15-23(10-17-6-7-17)11-18(20)13-24-2/h3-5,17-18H,6-15H2,1-2H3/t18-,20-/m1/s1. The highest BCUT2D eigenvalue weighted by Gasteiger charge is 2.50. The summed E-state index contributed by atoms with van der Waals surface area (Å²) in [6.07, 6.45) is 4.21. The highest BCUT2D eigenvalue weighted by atomic mass is 16.5. The third kappa shape index (κ3) is 3.51. The molecule has 3 heterocycles. The first-order valence-electron chi connectivity index (χ1n) is 9.53. The number of hydrogen-bond acceptors (Lipinski definition) is 4. The van der Waals surface area contributed by atoms with Gasteiger partial charge in [0.1, 0.15) is 0 Å². The first-order chi connectivity index (χ1) is 11.7. The van der Waals surface area contributed by atoms with E-state index in [9.17, 15) is 0 Å². The number of likely N-dealkylation sites (tertiary alicyclic amines) is 2. The summed E-state index contributed by atoms with van der Waals surface area (Å²) in [4.78, 5) is 10.0. The molecule has 0 radical (unpaired) electrons. The van der Waals surface area contributed by atoms with Crippen molar-refractivity contribution in [3.05, 3.63) is 29.6 Å². The summed E-state index contributed by atoms with van der Waals surface area (Å²) in [5, 5.41) is 0. The number of aromatic nitrogens is 1. The van der Waals surface area contributed by atoms with E-state index in [0.717, 1.165) is 24.8 Å². The molecule has 0 N–H and O–H groups in total. The van der Waals surface area contributed by atoms with Crippen molar-refractivity contribution in [1.29, 1.82) is 0 Å². The minimum Gasteiger partial charge on any atom is -0.384 e. The third-order valence-electron chi connectivity index (χ3n) is 6.26. The first kappa shape index (κ1) is 16.5. The van der Waals surface area contributed by atoms with Gasteiger partial charge in [0.15, 0.2) is 0 Å². The summed E-state index contributed by atoms with van der Waals surface area (Å²) in [5.74, 6) is 1.68. The number of aryl methyl sites for hydroxylation is 1. The van der Waals surface area contributed by atoms with Crippen LogP contribution in [0.5, 0.6) is 0 Å². The average molecular weight is 329 g/mol. The molecule has 24 heavy (non-hydrogen) atoms. The number of pyridine rings is 1. The highest BCUT2D eigenvalue weighted by Crippen LogP contribution is 2.45. The van der Waals surface area contributed by atoms with E-state index in [-0.39, 0.29) is 0 Å². The molecule has 1 aromatic rings. The second kappa shape index (κ2) is 6.74. The molecule has 2 atom stereocenters. The van der Waals surface area contributed by atoms with E-state index in [2.05, 4.69) is 34.9 Å². The van der Waals surface area contributed by atoms with Crippen LogP contribution in [0.4, 0.5) is 0 Å². The molecule has 2 saturated heterocycles. The summed E-state index contributed by atoms with van der Waals surface area (Å²) in [7, 11) is 1.86. The van der Waals surface area contributed by atoms with Crippen LogP contribution < -0.4 is 0 Å². The van der Waals surface area contributed by atoms with Gasteiger partial charge in [0.25, 0.3) is 0 Å².